The van der Waals surface area contributed by atoms with Crippen LogP contribution in [0.4, 0.5) is 0 Å². The van der Waals surface area contributed by atoms with E-state index in [0.717, 1.165) is 28.2 Å². The first-order chi connectivity index (χ1) is 10.1. The highest BCUT2D eigenvalue weighted by atomic mass is 32.2. The second-order valence-electron chi connectivity index (χ2n) is 4.32. The number of hydrogen-bond acceptors (Lipinski definition) is 6. The molecule has 1 atom stereocenters. The lowest BCUT2D eigenvalue weighted by atomic mass is 10.1. The van der Waals surface area contributed by atoms with E-state index in [2.05, 4.69) is 15.5 Å². The molecule has 0 radical (unpaired) electrons. The Morgan fingerprint density at radius 2 is 2.14 bits per heavy atom. The van der Waals surface area contributed by atoms with E-state index < -0.39 is 5.56 Å². The molecular weight excluding hydrogens is 290 g/mol. The van der Waals surface area contributed by atoms with Crippen molar-refractivity contribution in [1.82, 2.24) is 20.2 Å². The molecule has 3 N–H and O–H groups in total. The van der Waals surface area contributed by atoms with Crippen molar-refractivity contribution in [2.24, 2.45) is 0 Å². The van der Waals surface area contributed by atoms with E-state index in [1.807, 2.05) is 37.3 Å². The van der Waals surface area contributed by atoms with Crippen LogP contribution >= 0.6 is 11.8 Å². The summed E-state index contributed by atoms with van der Waals surface area (Å²) < 4.78 is 0.867. The number of benzene rings is 1. The van der Waals surface area contributed by atoms with E-state index in [1.54, 1.807) is 0 Å². The third-order valence-electron chi connectivity index (χ3n) is 2.76. The summed E-state index contributed by atoms with van der Waals surface area (Å²) in [5, 5.41) is 10.3. The summed E-state index contributed by atoms with van der Waals surface area (Å²) in [6.07, 6.45) is 1.02. The minimum Gasteiger partial charge on any atom is -0.349 e. The van der Waals surface area contributed by atoms with Crippen LogP contribution < -0.4 is 16.7 Å². The molecule has 0 saturated carbocycles. The zero-order valence-corrected chi connectivity index (χ0v) is 12.2. The molecule has 7 nitrogen and oxygen atoms in total. The number of nitrogens with zero attached hydrogens (tertiary/aromatic N) is 3. The van der Waals surface area contributed by atoms with Crippen molar-refractivity contribution in [3.05, 3.63) is 52.4 Å². The first-order valence-electron chi connectivity index (χ1n) is 6.25. The quantitative estimate of drug-likeness (QED) is 0.609. The van der Waals surface area contributed by atoms with Crippen molar-refractivity contribution in [2.75, 3.05) is 11.6 Å². The SMILES string of the molecule is CC(NC(=O)CSc1nncc(=O)n1N)c1ccccc1. The van der Waals surface area contributed by atoms with Crippen LogP contribution in [-0.2, 0) is 4.79 Å². The lowest BCUT2D eigenvalue weighted by Gasteiger charge is -2.14. The van der Waals surface area contributed by atoms with Gasteiger partial charge in [0.05, 0.1) is 11.8 Å². The molecule has 1 amide bonds. The number of carbonyl (C=O) groups is 1. The molecule has 0 aliphatic rings. The van der Waals surface area contributed by atoms with Gasteiger partial charge in [-0.05, 0) is 12.5 Å². The first-order valence-corrected chi connectivity index (χ1v) is 7.23. The molecule has 1 unspecified atom stereocenters. The fourth-order valence-corrected chi connectivity index (χ4v) is 2.35. The second-order valence-corrected chi connectivity index (χ2v) is 5.27. The molecule has 0 aliphatic heterocycles. The van der Waals surface area contributed by atoms with Gasteiger partial charge in [0.15, 0.2) is 0 Å². The standard InChI is InChI=1S/C13H15N5O2S/c1-9(10-5-3-2-4-6-10)16-11(19)8-21-13-17-15-7-12(20)18(13)14/h2-7,9H,8,14H2,1H3,(H,16,19). The van der Waals surface area contributed by atoms with Crippen molar-refractivity contribution in [2.45, 2.75) is 18.1 Å². The highest BCUT2D eigenvalue weighted by Crippen LogP contribution is 2.13. The van der Waals surface area contributed by atoms with Gasteiger partial charge in [0.2, 0.25) is 11.1 Å². The molecule has 0 aliphatic carbocycles. The van der Waals surface area contributed by atoms with Crippen molar-refractivity contribution in [1.29, 1.82) is 0 Å². The van der Waals surface area contributed by atoms with E-state index in [-0.39, 0.29) is 22.9 Å². The maximum atomic E-state index is 11.9. The van der Waals surface area contributed by atoms with Gasteiger partial charge < -0.3 is 11.2 Å². The van der Waals surface area contributed by atoms with Gasteiger partial charge in [-0.1, -0.05) is 42.1 Å². The van der Waals surface area contributed by atoms with Gasteiger partial charge in [0.25, 0.3) is 5.56 Å². The number of nitrogens with one attached hydrogen (secondary N) is 1. The number of hydrogen-bond donors (Lipinski definition) is 2. The Balaban J connectivity index is 1.91. The third kappa shape index (κ3) is 4.06. The van der Waals surface area contributed by atoms with Gasteiger partial charge in [-0.15, -0.1) is 5.10 Å². The molecule has 1 aromatic carbocycles. The van der Waals surface area contributed by atoms with Crippen molar-refractivity contribution < 1.29 is 4.79 Å². The predicted molar refractivity (Wildman–Crippen MR) is 80.2 cm³/mol. The number of amides is 1. The molecule has 8 heteroatoms. The Labute approximate surface area is 125 Å². The molecule has 1 heterocycles. The van der Waals surface area contributed by atoms with Gasteiger partial charge in [0, 0.05) is 0 Å². The third-order valence-corrected chi connectivity index (χ3v) is 3.71. The monoisotopic (exact) mass is 305 g/mol. The summed E-state index contributed by atoms with van der Waals surface area (Å²) in [4.78, 5) is 23.2. The lowest BCUT2D eigenvalue weighted by molar-refractivity contribution is -0.119. The Hall–Kier alpha value is -2.35. The van der Waals surface area contributed by atoms with Gasteiger partial charge in [-0.25, -0.2) is 0 Å². The minimum absolute atomic E-state index is 0.0961. The van der Waals surface area contributed by atoms with Crippen LogP contribution in [0, 0.1) is 0 Å². The van der Waals surface area contributed by atoms with E-state index in [9.17, 15) is 9.59 Å². The second kappa shape index (κ2) is 6.89. The van der Waals surface area contributed by atoms with Gasteiger partial charge >= 0.3 is 0 Å². The fourth-order valence-electron chi connectivity index (χ4n) is 1.67. The molecule has 110 valence electrons. The average molecular weight is 305 g/mol. The summed E-state index contributed by atoms with van der Waals surface area (Å²) in [5.74, 6) is 5.44. The number of carbonyl (C=O) groups excluding carboxylic acids is 1. The van der Waals surface area contributed by atoms with Crippen LogP contribution in [0.2, 0.25) is 0 Å². The number of aromatic nitrogens is 3. The summed E-state index contributed by atoms with van der Waals surface area (Å²) in [5.41, 5.74) is 0.552. The topological polar surface area (TPSA) is 103 Å². The number of rotatable bonds is 5. The molecule has 0 spiro atoms. The van der Waals surface area contributed by atoms with E-state index in [1.165, 1.54) is 0 Å². The number of nitrogen functional groups attached to an aromatic ring is 1. The van der Waals surface area contributed by atoms with E-state index >= 15 is 0 Å². The van der Waals surface area contributed by atoms with E-state index in [0.29, 0.717) is 0 Å². The van der Waals surface area contributed by atoms with Gasteiger partial charge in [-0.3, -0.25) is 9.59 Å². The summed E-state index contributed by atoms with van der Waals surface area (Å²) in [6.45, 7) is 1.90. The largest absolute Gasteiger partial charge is 0.349 e. The maximum absolute atomic E-state index is 11.9. The Morgan fingerprint density at radius 3 is 2.86 bits per heavy atom. The predicted octanol–water partition coefficient (Wildman–Crippen LogP) is 0.322. The molecule has 1 aromatic heterocycles. The number of thioether (sulfide) groups is 1. The highest BCUT2D eigenvalue weighted by Gasteiger charge is 2.11. The molecule has 2 rings (SSSR count). The van der Waals surface area contributed by atoms with Crippen molar-refractivity contribution in [3.8, 4) is 0 Å². The Kier molecular flexibility index (Phi) is 4.94. The first kappa shape index (κ1) is 15.0. The highest BCUT2D eigenvalue weighted by molar-refractivity contribution is 7.99. The maximum Gasteiger partial charge on any atom is 0.291 e. The van der Waals surface area contributed by atoms with Crippen molar-refractivity contribution >= 4 is 17.7 Å². The van der Waals surface area contributed by atoms with E-state index in [4.69, 9.17) is 5.84 Å². The van der Waals surface area contributed by atoms with Crippen LogP contribution in [0.25, 0.3) is 0 Å². The summed E-state index contributed by atoms with van der Waals surface area (Å²) >= 11 is 1.06. The van der Waals surface area contributed by atoms with Crippen LogP contribution in [0.3, 0.4) is 0 Å². The van der Waals surface area contributed by atoms with Gasteiger partial charge in [0.1, 0.15) is 6.20 Å². The molecule has 0 saturated heterocycles. The minimum atomic E-state index is -0.467. The molecular formula is C13H15N5O2S. The zero-order chi connectivity index (χ0) is 15.2. The molecule has 0 fully saturated rings. The van der Waals surface area contributed by atoms with Crippen LogP contribution in [0.1, 0.15) is 18.5 Å². The Morgan fingerprint density at radius 1 is 1.43 bits per heavy atom. The van der Waals surface area contributed by atoms with Gasteiger partial charge in [-0.2, -0.15) is 9.77 Å². The van der Waals surface area contributed by atoms with Crippen LogP contribution in [0.5, 0.6) is 0 Å². The average Bonchev–Trinajstić information content (AvgIpc) is 2.49. The summed E-state index contributed by atoms with van der Waals surface area (Å²) in [7, 11) is 0. The molecule has 21 heavy (non-hydrogen) atoms. The lowest BCUT2D eigenvalue weighted by Crippen LogP contribution is -2.31. The fraction of sp³-hybridized carbons (Fsp3) is 0.231. The summed E-state index contributed by atoms with van der Waals surface area (Å²) in [6, 6.07) is 9.54. The molecule has 2 aromatic rings. The van der Waals surface area contributed by atoms with Crippen LogP contribution in [-0.4, -0.2) is 26.5 Å². The zero-order valence-electron chi connectivity index (χ0n) is 11.4. The molecule has 0 bridgehead atoms. The smallest absolute Gasteiger partial charge is 0.291 e. The normalized spacial score (nSPS) is 11.9. The Bertz CT molecular complexity index is 674. The van der Waals surface area contributed by atoms with Crippen molar-refractivity contribution in [3.63, 3.8) is 0 Å². The van der Waals surface area contributed by atoms with Crippen LogP contribution in [0.15, 0.2) is 46.5 Å². The number of nitrogens with two attached hydrogens (primary N) is 1.